The molecule has 4 amide bonds. The molecule has 3 aromatic carbocycles. The van der Waals surface area contributed by atoms with Crippen molar-refractivity contribution >= 4 is 50.3 Å². The molecular formula is C27H22BrN3O4. The molecule has 176 valence electrons. The Morgan fingerprint density at radius 2 is 1.43 bits per heavy atom. The number of carbonyl (C=O) groups is 4. The number of likely N-dealkylation sites (tertiary alicyclic amines) is 1. The van der Waals surface area contributed by atoms with Crippen LogP contribution in [0, 0.1) is 5.41 Å². The molecule has 6 rings (SSSR count). The van der Waals surface area contributed by atoms with Crippen molar-refractivity contribution in [1.29, 1.82) is 0 Å². The van der Waals surface area contributed by atoms with Gasteiger partial charge in [0.15, 0.2) is 11.2 Å². The standard InChI is InChI=1S/C27H22BrN3O4/c1-29-14-20(15-10-12-17(28)13-11-15)26(23(33)30(2)25(35)31(3)24(26)34)27(29)19-9-5-7-16-6-4-8-18(21(16)19)22(27)32/h4-13,20H,14H2,1-3H3/t20-,27-/m0/s1. The fourth-order valence-corrected chi connectivity index (χ4v) is 6.96. The Morgan fingerprint density at radius 3 is 2.06 bits per heavy atom. The van der Waals surface area contributed by atoms with Gasteiger partial charge in [-0.2, -0.15) is 0 Å². The number of barbiturate groups is 1. The van der Waals surface area contributed by atoms with Gasteiger partial charge in [-0.1, -0.05) is 64.5 Å². The molecule has 3 aromatic rings. The van der Waals surface area contributed by atoms with Crippen LogP contribution in [0.25, 0.3) is 10.8 Å². The Labute approximate surface area is 210 Å². The molecule has 2 saturated heterocycles. The summed E-state index contributed by atoms with van der Waals surface area (Å²) in [7, 11) is 4.56. The van der Waals surface area contributed by atoms with Gasteiger partial charge in [0.25, 0.3) is 0 Å². The minimum absolute atomic E-state index is 0.283. The van der Waals surface area contributed by atoms with Gasteiger partial charge in [0.2, 0.25) is 11.8 Å². The van der Waals surface area contributed by atoms with E-state index in [9.17, 15) is 19.2 Å². The third kappa shape index (κ3) is 2.34. The summed E-state index contributed by atoms with van der Waals surface area (Å²) in [6.45, 7) is 0.283. The lowest BCUT2D eigenvalue weighted by Crippen LogP contribution is -2.72. The minimum atomic E-state index is -1.86. The van der Waals surface area contributed by atoms with E-state index < -0.39 is 34.7 Å². The van der Waals surface area contributed by atoms with Gasteiger partial charge >= 0.3 is 6.03 Å². The van der Waals surface area contributed by atoms with Gasteiger partial charge in [-0.3, -0.25) is 29.1 Å². The van der Waals surface area contributed by atoms with Crippen LogP contribution < -0.4 is 0 Å². The van der Waals surface area contributed by atoms with Crippen molar-refractivity contribution in [1.82, 2.24) is 14.7 Å². The molecule has 3 aliphatic rings. The number of rotatable bonds is 1. The van der Waals surface area contributed by atoms with Crippen molar-refractivity contribution in [2.24, 2.45) is 5.41 Å². The second kappa shape index (κ2) is 7.08. The molecule has 0 unspecified atom stereocenters. The number of likely N-dealkylation sites (N-methyl/N-ethyl adjacent to an activating group) is 1. The van der Waals surface area contributed by atoms with Gasteiger partial charge in [0, 0.05) is 36.6 Å². The molecule has 0 radical (unpaired) electrons. The number of urea groups is 1. The number of imide groups is 2. The summed E-state index contributed by atoms with van der Waals surface area (Å²) in [4.78, 5) is 59.9. The molecule has 0 aromatic heterocycles. The molecule has 35 heavy (non-hydrogen) atoms. The predicted octanol–water partition coefficient (Wildman–Crippen LogP) is 3.76. The Bertz CT molecular complexity index is 1450. The van der Waals surface area contributed by atoms with E-state index in [2.05, 4.69) is 15.9 Å². The van der Waals surface area contributed by atoms with E-state index in [4.69, 9.17) is 0 Å². The molecular weight excluding hydrogens is 510 g/mol. The number of hydrogen-bond donors (Lipinski definition) is 0. The highest BCUT2D eigenvalue weighted by molar-refractivity contribution is 9.10. The minimum Gasteiger partial charge on any atom is -0.292 e. The summed E-state index contributed by atoms with van der Waals surface area (Å²) in [5.41, 5.74) is -1.58. The van der Waals surface area contributed by atoms with Gasteiger partial charge in [-0.25, -0.2) is 4.79 Å². The van der Waals surface area contributed by atoms with Crippen LogP contribution in [-0.2, 0) is 15.1 Å². The van der Waals surface area contributed by atoms with Crippen LogP contribution in [0.2, 0.25) is 0 Å². The van der Waals surface area contributed by atoms with Gasteiger partial charge in [-0.15, -0.1) is 0 Å². The fraction of sp³-hybridized carbons (Fsp3) is 0.259. The van der Waals surface area contributed by atoms with E-state index in [0.717, 1.165) is 30.6 Å². The second-order valence-corrected chi connectivity index (χ2v) is 10.5. The first-order valence-corrected chi connectivity index (χ1v) is 12.1. The van der Waals surface area contributed by atoms with Crippen LogP contribution in [0.4, 0.5) is 4.79 Å². The Balaban J connectivity index is 1.76. The van der Waals surface area contributed by atoms with Crippen LogP contribution in [-0.4, -0.2) is 66.0 Å². The number of fused-ring (bicyclic) bond motifs is 2. The van der Waals surface area contributed by atoms with Crippen molar-refractivity contribution in [3.63, 3.8) is 0 Å². The number of ketones is 1. The number of amides is 4. The number of halogens is 1. The van der Waals surface area contributed by atoms with Crippen molar-refractivity contribution in [2.75, 3.05) is 27.7 Å². The highest BCUT2D eigenvalue weighted by Gasteiger charge is 2.79. The van der Waals surface area contributed by atoms with Crippen LogP contribution in [0.15, 0.2) is 65.1 Å². The zero-order valence-electron chi connectivity index (χ0n) is 19.4. The highest BCUT2D eigenvalue weighted by atomic mass is 79.9. The van der Waals surface area contributed by atoms with Gasteiger partial charge in [0.1, 0.15) is 5.54 Å². The Kier molecular flexibility index (Phi) is 4.48. The summed E-state index contributed by atoms with van der Waals surface area (Å²) < 4.78 is 0.858. The lowest BCUT2D eigenvalue weighted by atomic mass is 9.58. The van der Waals surface area contributed by atoms with Crippen LogP contribution in [0.1, 0.15) is 27.4 Å². The van der Waals surface area contributed by atoms with Gasteiger partial charge in [-0.05, 0) is 41.1 Å². The van der Waals surface area contributed by atoms with Crippen LogP contribution in [0.5, 0.6) is 0 Å². The van der Waals surface area contributed by atoms with E-state index in [1.807, 2.05) is 59.5 Å². The predicted molar refractivity (Wildman–Crippen MR) is 133 cm³/mol. The first kappa shape index (κ1) is 22.1. The smallest absolute Gasteiger partial charge is 0.292 e. The number of nitrogens with zero attached hydrogens (tertiary/aromatic N) is 3. The Hall–Kier alpha value is -3.36. The molecule has 0 bridgehead atoms. The summed E-state index contributed by atoms with van der Waals surface area (Å²) >= 11 is 3.45. The largest absolute Gasteiger partial charge is 0.332 e. The van der Waals surface area contributed by atoms with Crippen molar-refractivity contribution in [3.8, 4) is 0 Å². The SMILES string of the molecule is CN1C(=O)N(C)C(=O)C2(C1=O)[C@H](c1ccc(Br)cc1)CN(C)[C@@]21C(=O)c2cccc3cccc1c23. The number of Topliss-reactive ketones (excluding diaryl/α,β-unsaturated/α-hetero) is 1. The van der Waals surface area contributed by atoms with Gasteiger partial charge < -0.3 is 0 Å². The monoisotopic (exact) mass is 531 g/mol. The van der Waals surface area contributed by atoms with E-state index in [0.29, 0.717) is 11.1 Å². The van der Waals surface area contributed by atoms with Crippen molar-refractivity contribution in [3.05, 3.63) is 81.8 Å². The third-order valence-electron chi connectivity index (χ3n) is 8.12. The van der Waals surface area contributed by atoms with E-state index in [1.165, 1.54) is 14.1 Å². The lowest BCUT2D eigenvalue weighted by molar-refractivity contribution is -0.163. The molecule has 0 saturated carbocycles. The summed E-state index contributed by atoms with van der Waals surface area (Å²) in [5.74, 6) is -2.25. The molecule has 2 spiro atoms. The zero-order valence-corrected chi connectivity index (χ0v) is 21.0. The molecule has 2 aliphatic heterocycles. The van der Waals surface area contributed by atoms with E-state index in [1.54, 1.807) is 13.1 Å². The van der Waals surface area contributed by atoms with E-state index in [-0.39, 0.29) is 12.3 Å². The Morgan fingerprint density at radius 1 is 0.829 bits per heavy atom. The molecule has 2 atom stereocenters. The number of benzene rings is 3. The number of carbonyl (C=O) groups excluding carboxylic acids is 4. The van der Waals surface area contributed by atoms with Crippen molar-refractivity contribution in [2.45, 2.75) is 11.5 Å². The first-order chi connectivity index (χ1) is 16.7. The highest BCUT2D eigenvalue weighted by Crippen LogP contribution is 2.65. The maximum absolute atomic E-state index is 14.5. The summed E-state index contributed by atoms with van der Waals surface area (Å²) in [6, 6.07) is 17.9. The first-order valence-electron chi connectivity index (χ1n) is 11.3. The maximum Gasteiger partial charge on any atom is 0.332 e. The third-order valence-corrected chi connectivity index (χ3v) is 8.65. The molecule has 0 N–H and O–H groups in total. The average molecular weight is 532 g/mol. The maximum atomic E-state index is 14.5. The molecule has 2 fully saturated rings. The molecule has 2 heterocycles. The van der Waals surface area contributed by atoms with Crippen LogP contribution >= 0.6 is 15.9 Å². The quantitative estimate of drug-likeness (QED) is 0.447. The van der Waals surface area contributed by atoms with Crippen molar-refractivity contribution < 1.29 is 19.2 Å². The summed E-state index contributed by atoms with van der Waals surface area (Å²) in [5, 5.41) is 1.62. The normalized spacial score (nSPS) is 25.7. The molecule has 7 nitrogen and oxygen atoms in total. The second-order valence-electron chi connectivity index (χ2n) is 9.55. The summed E-state index contributed by atoms with van der Waals surface area (Å²) in [6.07, 6.45) is 0. The fourth-order valence-electron chi connectivity index (χ4n) is 6.70. The topological polar surface area (TPSA) is 78.0 Å². The molecule has 1 aliphatic carbocycles. The average Bonchev–Trinajstić information content (AvgIpc) is 3.29. The van der Waals surface area contributed by atoms with E-state index >= 15 is 0 Å². The molecule has 8 heteroatoms. The van der Waals surface area contributed by atoms with Gasteiger partial charge in [0.05, 0.1) is 0 Å². The van der Waals surface area contributed by atoms with Crippen LogP contribution in [0.3, 0.4) is 0 Å². The zero-order chi connectivity index (χ0) is 24.9. The lowest BCUT2D eigenvalue weighted by Gasteiger charge is -2.50. The number of hydrogen-bond acceptors (Lipinski definition) is 5.